The summed E-state index contributed by atoms with van der Waals surface area (Å²) in [6.45, 7) is 0. The van der Waals surface area contributed by atoms with Crippen LogP contribution in [0.1, 0.15) is 22.3 Å². The molecule has 0 unspecified atom stereocenters. The van der Waals surface area contributed by atoms with Crippen molar-refractivity contribution in [2.45, 2.75) is 5.41 Å². The molecule has 2 aliphatic carbocycles. The van der Waals surface area contributed by atoms with Gasteiger partial charge in [-0.25, -0.2) is 0 Å². The molecule has 0 bridgehead atoms. The number of para-hydroxylation sites is 1. The van der Waals surface area contributed by atoms with Crippen LogP contribution in [-0.4, -0.2) is 0 Å². The van der Waals surface area contributed by atoms with Crippen LogP contribution in [0.25, 0.3) is 55.6 Å². The molecule has 262 valence electrons. The van der Waals surface area contributed by atoms with E-state index in [2.05, 4.69) is 229 Å². The third kappa shape index (κ3) is 4.81. The molecule has 1 spiro atoms. The normalized spacial score (nSPS) is 12.8. The molecule has 0 saturated heterocycles. The maximum absolute atomic E-state index is 2.44. The summed E-state index contributed by atoms with van der Waals surface area (Å²) in [6, 6.07) is 82.6. The van der Waals surface area contributed by atoms with E-state index in [1.54, 1.807) is 0 Å². The number of hydrogen-bond donors (Lipinski definition) is 0. The van der Waals surface area contributed by atoms with Crippen molar-refractivity contribution < 1.29 is 0 Å². The second-order valence-electron chi connectivity index (χ2n) is 14.8. The Hall–Kier alpha value is -7.22. The van der Waals surface area contributed by atoms with Crippen molar-refractivity contribution in [3.8, 4) is 55.6 Å². The summed E-state index contributed by atoms with van der Waals surface area (Å²) in [6.07, 6.45) is 0. The molecule has 0 saturated carbocycles. The summed E-state index contributed by atoms with van der Waals surface area (Å²) in [7, 11) is 0. The zero-order valence-corrected chi connectivity index (χ0v) is 30.8. The zero-order valence-electron chi connectivity index (χ0n) is 30.8. The van der Waals surface area contributed by atoms with E-state index in [0.29, 0.717) is 0 Å². The predicted molar refractivity (Wildman–Crippen MR) is 234 cm³/mol. The quantitative estimate of drug-likeness (QED) is 0.172. The third-order valence-electron chi connectivity index (χ3n) is 11.9. The highest BCUT2D eigenvalue weighted by Crippen LogP contribution is 2.62. The van der Waals surface area contributed by atoms with E-state index in [4.69, 9.17) is 0 Å². The van der Waals surface area contributed by atoms with Gasteiger partial charge in [0.05, 0.1) is 11.1 Å². The molecule has 0 radical (unpaired) electrons. The Morgan fingerprint density at radius 3 is 1.21 bits per heavy atom. The fourth-order valence-corrected chi connectivity index (χ4v) is 9.57. The van der Waals surface area contributed by atoms with Gasteiger partial charge in [-0.3, -0.25) is 0 Å². The molecule has 1 nitrogen and oxygen atoms in total. The van der Waals surface area contributed by atoms with E-state index in [9.17, 15) is 0 Å². The van der Waals surface area contributed by atoms with Crippen LogP contribution in [0.5, 0.6) is 0 Å². The lowest BCUT2D eigenvalue weighted by Crippen LogP contribution is -2.29. The molecular weight excluding hydrogens is 675 g/mol. The van der Waals surface area contributed by atoms with Crippen LogP contribution < -0.4 is 4.90 Å². The Labute approximate surface area is 328 Å². The molecule has 0 aromatic heterocycles. The first-order valence-electron chi connectivity index (χ1n) is 19.4. The average molecular weight is 712 g/mol. The number of anilines is 3. The summed E-state index contributed by atoms with van der Waals surface area (Å²) < 4.78 is 0. The lowest BCUT2D eigenvalue weighted by Gasteiger charge is -2.35. The SMILES string of the molecule is c1ccc(-c2ccc(N(c3ccc4c(c3)-c3ccccc3C43c4ccccc4-c4ccccc4-c4ccccc43)c3ccccc3-c3ccccc3)cc2)cc1. The first kappa shape index (κ1) is 32.2. The standard InChI is InChI=1S/C55H37N/c1-3-17-38(18-4-1)39-31-33-41(34-32-39)56(54-30-16-12-21-43(54)40-19-5-2-6-20-40)42-35-36-53-49(37-42)48-26-11-15-29-52(48)55(53)50-27-13-9-24-46(50)44-22-7-8-23-45(44)47-25-10-14-28-51(47)55/h1-37H. The van der Waals surface area contributed by atoms with Crippen LogP contribution in [0.4, 0.5) is 17.1 Å². The first-order chi connectivity index (χ1) is 27.8. The number of hydrogen-bond acceptors (Lipinski definition) is 1. The Morgan fingerprint density at radius 1 is 0.250 bits per heavy atom. The van der Waals surface area contributed by atoms with Gasteiger partial charge in [0.1, 0.15) is 0 Å². The van der Waals surface area contributed by atoms with Gasteiger partial charge in [-0.2, -0.15) is 0 Å². The topological polar surface area (TPSA) is 3.24 Å². The second kappa shape index (κ2) is 13.0. The highest BCUT2D eigenvalue weighted by Gasteiger charge is 2.49. The summed E-state index contributed by atoms with van der Waals surface area (Å²) in [5.74, 6) is 0. The number of rotatable bonds is 5. The number of nitrogens with zero attached hydrogens (tertiary/aromatic N) is 1. The Kier molecular flexibility index (Phi) is 7.47. The zero-order chi connectivity index (χ0) is 37.1. The van der Waals surface area contributed by atoms with Gasteiger partial charge in [-0.05, 0) is 103 Å². The monoisotopic (exact) mass is 711 g/mol. The van der Waals surface area contributed by atoms with E-state index in [0.717, 1.165) is 17.1 Å². The maximum Gasteiger partial charge on any atom is 0.0725 e. The van der Waals surface area contributed by atoms with Crippen molar-refractivity contribution in [3.05, 3.63) is 247 Å². The Morgan fingerprint density at radius 2 is 0.643 bits per heavy atom. The van der Waals surface area contributed by atoms with Crippen molar-refractivity contribution >= 4 is 17.1 Å². The Bertz CT molecular complexity index is 2840. The highest BCUT2D eigenvalue weighted by atomic mass is 15.1. The molecule has 9 aromatic rings. The fourth-order valence-electron chi connectivity index (χ4n) is 9.57. The van der Waals surface area contributed by atoms with Crippen LogP contribution in [0, 0.1) is 0 Å². The largest absolute Gasteiger partial charge is 0.310 e. The van der Waals surface area contributed by atoms with E-state index in [1.165, 1.54) is 77.9 Å². The van der Waals surface area contributed by atoms with Crippen molar-refractivity contribution in [1.29, 1.82) is 0 Å². The first-order valence-corrected chi connectivity index (χ1v) is 19.4. The van der Waals surface area contributed by atoms with E-state index in [1.807, 2.05) is 0 Å². The van der Waals surface area contributed by atoms with Crippen LogP contribution >= 0.6 is 0 Å². The van der Waals surface area contributed by atoms with Crippen LogP contribution in [0.2, 0.25) is 0 Å². The van der Waals surface area contributed by atoms with Crippen molar-refractivity contribution in [1.82, 2.24) is 0 Å². The summed E-state index contributed by atoms with van der Waals surface area (Å²) >= 11 is 0. The molecule has 11 rings (SSSR count). The van der Waals surface area contributed by atoms with Gasteiger partial charge in [-0.15, -0.1) is 0 Å². The molecule has 0 aliphatic heterocycles. The van der Waals surface area contributed by atoms with E-state index in [-0.39, 0.29) is 0 Å². The van der Waals surface area contributed by atoms with Crippen LogP contribution in [0.3, 0.4) is 0 Å². The van der Waals surface area contributed by atoms with E-state index < -0.39 is 5.41 Å². The van der Waals surface area contributed by atoms with E-state index >= 15 is 0 Å². The minimum atomic E-state index is -0.513. The average Bonchev–Trinajstić information content (AvgIpc) is 3.52. The van der Waals surface area contributed by atoms with Gasteiger partial charge in [0, 0.05) is 16.9 Å². The Balaban J connectivity index is 1.18. The number of benzene rings is 9. The molecule has 2 aliphatic rings. The van der Waals surface area contributed by atoms with Crippen molar-refractivity contribution in [2.24, 2.45) is 0 Å². The van der Waals surface area contributed by atoms with Crippen LogP contribution in [-0.2, 0) is 5.41 Å². The van der Waals surface area contributed by atoms with Gasteiger partial charge < -0.3 is 4.90 Å². The van der Waals surface area contributed by atoms with Crippen LogP contribution in [0.15, 0.2) is 224 Å². The summed E-state index contributed by atoms with van der Waals surface area (Å²) in [5, 5.41) is 0. The van der Waals surface area contributed by atoms with Gasteiger partial charge in [-0.1, -0.05) is 194 Å². The number of fused-ring (bicyclic) bond motifs is 12. The fraction of sp³-hybridized carbons (Fsp3) is 0.0182. The molecule has 0 heterocycles. The predicted octanol–water partition coefficient (Wildman–Crippen LogP) is 14.5. The molecular formula is C55H37N. The molecule has 0 amide bonds. The van der Waals surface area contributed by atoms with Crippen molar-refractivity contribution in [2.75, 3.05) is 4.90 Å². The molecule has 0 atom stereocenters. The van der Waals surface area contributed by atoms with Gasteiger partial charge in [0.15, 0.2) is 0 Å². The molecule has 56 heavy (non-hydrogen) atoms. The lowest BCUT2D eigenvalue weighted by atomic mass is 9.66. The summed E-state index contributed by atoms with van der Waals surface area (Å²) in [5.41, 5.74) is 20.5. The second-order valence-corrected chi connectivity index (χ2v) is 14.8. The molecule has 0 N–H and O–H groups in total. The molecule has 1 heteroatoms. The highest BCUT2D eigenvalue weighted by molar-refractivity contribution is 5.98. The maximum atomic E-state index is 2.44. The third-order valence-corrected chi connectivity index (χ3v) is 11.9. The minimum absolute atomic E-state index is 0.513. The van der Waals surface area contributed by atoms with Gasteiger partial charge >= 0.3 is 0 Å². The smallest absolute Gasteiger partial charge is 0.0725 e. The van der Waals surface area contributed by atoms with Gasteiger partial charge in [0.2, 0.25) is 0 Å². The molecule has 0 fully saturated rings. The van der Waals surface area contributed by atoms with Crippen molar-refractivity contribution in [3.63, 3.8) is 0 Å². The minimum Gasteiger partial charge on any atom is -0.310 e. The molecule has 9 aromatic carbocycles. The summed E-state index contributed by atoms with van der Waals surface area (Å²) in [4.78, 5) is 2.44. The lowest BCUT2D eigenvalue weighted by molar-refractivity contribution is 0.775. The van der Waals surface area contributed by atoms with Gasteiger partial charge in [0.25, 0.3) is 0 Å².